The fourth-order valence-corrected chi connectivity index (χ4v) is 4.66. The number of halogens is 1. The van der Waals surface area contributed by atoms with Crippen molar-refractivity contribution in [1.29, 1.82) is 0 Å². The Bertz CT molecular complexity index is 933. The van der Waals surface area contributed by atoms with Crippen LogP contribution in [-0.2, 0) is 6.54 Å². The van der Waals surface area contributed by atoms with Crippen LogP contribution in [0.25, 0.3) is 11.0 Å². The number of hydrogen-bond acceptors (Lipinski definition) is 6. The number of dihydropyridines is 1. The third kappa shape index (κ3) is 3.19. The molecule has 7 heteroatoms. The van der Waals surface area contributed by atoms with E-state index in [1.165, 1.54) is 28.6 Å². The Kier molecular flexibility index (Phi) is 4.28. The Morgan fingerprint density at radius 3 is 2.89 bits per heavy atom. The van der Waals surface area contributed by atoms with Crippen molar-refractivity contribution in [3.8, 4) is 0 Å². The Morgan fingerprint density at radius 1 is 1.19 bits per heavy atom. The highest BCUT2D eigenvalue weighted by Gasteiger charge is 2.50. The van der Waals surface area contributed by atoms with Gasteiger partial charge >= 0.3 is 0 Å². The first-order valence-corrected chi connectivity index (χ1v) is 10.3. The fraction of sp³-hybridized carbons (Fsp3) is 0.400. The van der Waals surface area contributed by atoms with Gasteiger partial charge in [0.15, 0.2) is 0 Å². The zero-order valence-electron chi connectivity index (χ0n) is 15.1. The van der Waals surface area contributed by atoms with E-state index in [2.05, 4.69) is 65.1 Å². The Hall–Kier alpha value is -2.12. The average molecular weight is 427 g/mol. The van der Waals surface area contributed by atoms with Crippen molar-refractivity contribution < 1.29 is 0 Å². The topological polar surface area (TPSA) is 65.1 Å². The highest BCUT2D eigenvalue weighted by molar-refractivity contribution is 9.11. The summed E-state index contributed by atoms with van der Waals surface area (Å²) in [6.45, 7) is 4.76. The largest absolute Gasteiger partial charge is 0.384 e. The first-order valence-electron chi connectivity index (χ1n) is 9.50. The Balaban J connectivity index is 1.37. The van der Waals surface area contributed by atoms with Gasteiger partial charge in [-0.2, -0.15) is 0 Å². The van der Waals surface area contributed by atoms with Gasteiger partial charge in [-0.05, 0) is 30.5 Å². The third-order valence-corrected chi connectivity index (χ3v) is 6.32. The Morgan fingerprint density at radius 2 is 2.04 bits per heavy atom. The normalized spacial score (nSPS) is 21.2. The smallest absolute Gasteiger partial charge is 0.0890 e. The second-order valence-corrected chi connectivity index (χ2v) is 8.44. The monoisotopic (exact) mass is 426 g/mol. The van der Waals surface area contributed by atoms with Crippen LogP contribution in [0, 0.1) is 0 Å². The summed E-state index contributed by atoms with van der Waals surface area (Å²) in [5, 5.41) is 10.6. The van der Waals surface area contributed by atoms with E-state index in [4.69, 9.17) is 0 Å². The van der Waals surface area contributed by atoms with E-state index in [0.29, 0.717) is 5.54 Å². The molecule has 1 saturated heterocycles. The molecular weight excluding hydrogens is 404 g/mol. The van der Waals surface area contributed by atoms with Crippen LogP contribution in [-0.4, -0.2) is 46.6 Å². The van der Waals surface area contributed by atoms with Crippen molar-refractivity contribution >= 4 is 27.0 Å². The lowest BCUT2D eigenvalue weighted by Crippen LogP contribution is -2.54. The molecule has 1 aromatic heterocycles. The summed E-state index contributed by atoms with van der Waals surface area (Å²) < 4.78 is 1.23. The molecule has 0 atom stereocenters. The van der Waals surface area contributed by atoms with Gasteiger partial charge in [0.2, 0.25) is 0 Å². The number of aromatic nitrogens is 2. The predicted molar refractivity (Wildman–Crippen MR) is 110 cm³/mol. The molecule has 0 amide bonds. The first-order chi connectivity index (χ1) is 13.3. The van der Waals surface area contributed by atoms with Crippen molar-refractivity contribution in [2.45, 2.75) is 24.9 Å². The lowest BCUT2D eigenvalue weighted by molar-refractivity contribution is 0.189. The molecule has 1 aliphatic carbocycles. The maximum Gasteiger partial charge on any atom is 0.0890 e. The molecule has 0 bridgehead atoms. The van der Waals surface area contributed by atoms with Gasteiger partial charge in [0.1, 0.15) is 0 Å². The molecule has 3 N–H and O–H groups in total. The number of fused-ring (bicyclic) bond motifs is 1. The second kappa shape index (κ2) is 6.80. The summed E-state index contributed by atoms with van der Waals surface area (Å²) in [5.74, 6) is 0. The van der Waals surface area contributed by atoms with E-state index in [0.717, 1.165) is 49.5 Å². The molecule has 140 valence electrons. The van der Waals surface area contributed by atoms with E-state index in [9.17, 15) is 0 Å². The van der Waals surface area contributed by atoms with E-state index in [1.807, 2.05) is 6.07 Å². The summed E-state index contributed by atoms with van der Waals surface area (Å²) >= 11 is 3.82. The lowest BCUT2D eigenvalue weighted by atomic mass is 10.1. The van der Waals surface area contributed by atoms with Gasteiger partial charge in [0.05, 0.1) is 28.0 Å². The number of rotatable bonds is 4. The Labute approximate surface area is 167 Å². The summed E-state index contributed by atoms with van der Waals surface area (Å²) in [4.78, 5) is 11.4. The molecule has 2 fully saturated rings. The molecule has 0 radical (unpaired) electrons. The van der Waals surface area contributed by atoms with Crippen LogP contribution < -0.4 is 16.0 Å². The minimum Gasteiger partial charge on any atom is -0.384 e. The maximum absolute atomic E-state index is 4.42. The van der Waals surface area contributed by atoms with E-state index < -0.39 is 0 Å². The second-order valence-electron chi connectivity index (χ2n) is 7.48. The lowest BCUT2D eigenvalue weighted by Gasteiger charge is -2.42. The molecule has 6 nitrogen and oxygen atoms in total. The fourth-order valence-electron chi connectivity index (χ4n) is 4.07. The highest BCUT2D eigenvalue weighted by Crippen LogP contribution is 2.46. The molecule has 3 heterocycles. The number of hydrogen-bond donors (Lipinski definition) is 3. The molecule has 2 aromatic rings. The van der Waals surface area contributed by atoms with Crippen LogP contribution in [0.1, 0.15) is 18.4 Å². The predicted octanol–water partition coefficient (Wildman–Crippen LogP) is 2.21. The summed E-state index contributed by atoms with van der Waals surface area (Å²) in [5.41, 5.74) is 5.84. The van der Waals surface area contributed by atoms with Gasteiger partial charge in [-0.3, -0.25) is 9.97 Å². The first kappa shape index (κ1) is 17.0. The SMILES string of the molecule is BrC1=C(N2CCNCC23CC3)C(NCc2ccc3nccnc3c2)=CNC1. The number of piperazine rings is 1. The van der Waals surface area contributed by atoms with Gasteiger partial charge in [-0.1, -0.05) is 22.0 Å². The van der Waals surface area contributed by atoms with Crippen molar-refractivity contribution in [3.63, 3.8) is 0 Å². The quantitative estimate of drug-likeness (QED) is 0.696. The zero-order valence-corrected chi connectivity index (χ0v) is 16.7. The minimum absolute atomic E-state index is 0.309. The molecule has 2 aliphatic heterocycles. The zero-order chi connectivity index (χ0) is 18.3. The van der Waals surface area contributed by atoms with Gasteiger partial charge in [-0.25, -0.2) is 0 Å². The molecule has 3 aliphatic rings. The molecule has 0 unspecified atom stereocenters. The number of nitrogens with one attached hydrogen (secondary N) is 3. The standard InChI is InChI=1S/C20H23BrN6/c21-15-11-23-12-18(19(15)27-8-7-22-13-20(27)3-4-20)26-10-14-1-2-16-17(9-14)25-6-5-24-16/h1-2,5-6,9,12,22-23,26H,3-4,7-8,10-11,13H2. The third-order valence-electron chi connectivity index (χ3n) is 5.67. The molecule has 5 rings (SSSR count). The summed E-state index contributed by atoms with van der Waals surface area (Å²) in [7, 11) is 0. The van der Waals surface area contributed by atoms with Gasteiger partial charge in [0.25, 0.3) is 0 Å². The average Bonchev–Trinajstić information content (AvgIpc) is 3.47. The van der Waals surface area contributed by atoms with Gasteiger partial charge in [-0.15, -0.1) is 0 Å². The molecule has 1 aromatic carbocycles. The van der Waals surface area contributed by atoms with Crippen molar-refractivity contribution in [1.82, 2.24) is 30.8 Å². The van der Waals surface area contributed by atoms with Gasteiger partial charge in [0, 0.05) is 55.8 Å². The van der Waals surface area contributed by atoms with Crippen LogP contribution in [0.2, 0.25) is 0 Å². The molecule has 27 heavy (non-hydrogen) atoms. The highest BCUT2D eigenvalue weighted by atomic mass is 79.9. The van der Waals surface area contributed by atoms with E-state index in [-0.39, 0.29) is 0 Å². The summed E-state index contributed by atoms with van der Waals surface area (Å²) in [6.07, 6.45) is 8.12. The van der Waals surface area contributed by atoms with Crippen molar-refractivity contribution in [3.05, 3.63) is 58.2 Å². The van der Waals surface area contributed by atoms with E-state index in [1.54, 1.807) is 12.4 Å². The van der Waals surface area contributed by atoms with Crippen molar-refractivity contribution in [2.24, 2.45) is 0 Å². The van der Waals surface area contributed by atoms with Crippen LogP contribution in [0.4, 0.5) is 0 Å². The number of nitrogens with zero attached hydrogens (tertiary/aromatic N) is 3. The van der Waals surface area contributed by atoms with E-state index >= 15 is 0 Å². The molecule has 1 spiro atoms. The number of benzene rings is 1. The van der Waals surface area contributed by atoms with Crippen LogP contribution in [0.5, 0.6) is 0 Å². The van der Waals surface area contributed by atoms with Crippen molar-refractivity contribution in [2.75, 3.05) is 26.2 Å². The summed E-state index contributed by atoms with van der Waals surface area (Å²) in [6, 6.07) is 6.26. The van der Waals surface area contributed by atoms with Crippen LogP contribution >= 0.6 is 15.9 Å². The minimum atomic E-state index is 0.309. The van der Waals surface area contributed by atoms with Crippen LogP contribution in [0.15, 0.2) is 52.7 Å². The molecular formula is C20H23BrN6. The van der Waals surface area contributed by atoms with Crippen LogP contribution in [0.3, 0.4) is 0 Å². The maximum atomic E-state index is 4.42. The molecule has 1 saturated carbocycles. The van der Waals surface area contributed by atoms with Gasteiger partial charge < -0.3 is 20.9 Å².